The summed E-state index contributed by atoms with van der Waals surface area (Å²) >= 11 is 0. The largest absolute Gasteiger partial charge is 0.462 e. The predicted octanol–water partition coefficient (Wildman–Crippen LogP) is 11.3. The van der Waals surface area contributed by atoms with Crippen molar-refractivity contribution in [3.05, 3.63) is 48.6 Å². The van der Waals surface area contributed by atoms with Crippen molar-refractivity contribution in [2.45, 2.75) is 212 Å². The summed E-state index contributed by atoms with van der Waals surface area (Å²) in [6.07, 6.45) is 43.9. The molecule has 0 rings (SSSR count). The van der Waals surface area contributed by atoms with Gasteiger partial charge in [-0.05, 0) is 32.1 Å². The number of rotatable bonds is 38. The third kappa shape index (κ3) is 37.5. The van der Waals surface area contributed by atoms with Gasteiger partial charge in [-0.25, -0.2) is 0 Å². The van der Waals surface area contributed by atoms with Crippen LogP contribution in [0.1, 0.15) is 194 Å². The molecule has 0 spiro atoms. The van der Waals surface area contributed by atoms with Gasteiger partial charge in [0.15, 0.2) is 6.10 Å². The molecule has 0 heterocycles. The van der Waals surface area contributed by atoms with Crippen molar-refractivity contribution in [2.75, 3.05) is 13.2 Å². The molecule has 0 saturated heterocycles. The minimum atomic E-state index is -0.878. The Morgan fingerprint density at radius 3 is 1.38 bits per heavy atom. The lowest BCUT2D eigenvalue weighted by molar-refractivity contribution is -0.161. The van der Waals surface area contributed by atoms with Gasteiger partial charge in [-0.3, -0.25) is 9.59 Å². The Morgan fingerprint density at radius 1 is 0.519 bits per heavy atom. The van der Waals surface area contributed by atoms with E-state index in [1.165, 1.54) is 103 Å². The number of aliphatic hydroxyl groups excluding tert-OH is 3. The van der Waals surface area contributed by atoms with Gasteiger partial charge >= 0.3 is 11.9 Å². The Hall–Kier alpha value is -2.22. The first-order valence-corrected chi connectivity index (χ1v) is 21.4. The molecule has 0 amide bonds. The zero-order valence-electron chi connectivity index (χ0n) is 33.5. The van der Waals surface area contributed by atoms with Crippen molar-refractivity contribution in [2.24, 2.45) is 0 Å². The van der Waals surface area contributed by atoms with Gasteiger partial charge in [-0.1, -0.05) is 197 Å². The lowest BCUT2D eigenvalue weighted by Gasteiger charge is -2.16. The van der Waals surface area contributed by atoms with E-state index in [4.69, 9.17) is 9.47 Å². The molecule has 3 N–H and O–H groups in total. The molecule has 0 aromatic rings. The molecule has 0 unspecified atom stereocenters. The fourth-order valence-corrected chi connectivity index (χ4v) is 6.00. The third-order valence-electron chi connectivity index (χ3n) is 9.33. The maximum Gasteiger partial charge on any atom is 0.306 e. The standard InChI is InChI=1S/C45H80O7/c1-3-5-7-8-9-10-11-12-13-14-15-16-17-18-19-20-24-27-31-37-44(49)51-40-43(39-46)52-45(50)38-32-36-42(48)35-30-26-23-21-22-25-29-34-41(47)33-28-6-4-2/h22-23,25-26,29-30,34-35,41-43,46-48H,3-21,24,27-28,31-33,36-40H2,1-2H3/b25-22-,26-23-,34-29+,35-30+/t41-,42-,43+/m1/s1. The molecular formula is C45H80O7. The molecule has 302 valence electrons. The van der Waals surface area contributed by atoms with Crippen LogP contribution in [0.3, 0.4) is 0 Å². The number of carbonyl (C=O) groups is 2. The highest BCUT2D eigenvalue weighted by atomic mass is 16.6. The SMILES string of the molecule is CCCCCCCCCCCCCCCCCCCCCC(=O)OC[C@H](CO)OC(=O)CCC[C@H](O)/C=C/C=C\C/C=C\C=C\[C@H](O)CCCCC. The highest BCUT2D eigenvalue weighted by molar-refractivity contribution is 5.70. The van der Waals surface area contributed by atoms with Crippen molar-refractivity contribution in [1.82, 2.24) is 0 Å². The van der Waals surface area contributed by atoms with E-state index in [0.717, 1.165) is 51.4 Å². The van der Waals surface area contributed by atoms with Crippen molar-refractivity contribution in [3.8, 4) is 0 Å². The quantitative estimate of drug-likeness (QED) is 0.0329. The maximum atomic E-state index is 12.2. The summed E-state index contributed by atoms with van der Waals surface area (Å²) in [6.45, 7) is 3.86. The van der Waals surface area contributed by atoms with Crippen LogP contribution in [0.15, 0.2) is 48.6 Å². The predicted molar refractivity (Wildman–Crippen MR) is 217 cm³/mol. The number of ether oxygens (including phenoxy) is 2. The van der Waals surface area contributed by atoms with Crippen molar-refractivity contribution in [1.29, 1.82) is 0 Å². The van der Waals surface area contributed by atoms with E-state index in [-0.39, 0.29) is 25.1 Å². The van der Waals surface area contributed by atoms with Crippen molar-refractivity contribution < 1.29 is 34.4 Å². The normalized spacial score (nSPS) is 13.9. The second-order valence-corrected chi connectivity index (χ2v) is 14.5. The molecular weight excluding hydrogens is 652 g/mol. The summed E-state index contributed by atoms with van der Waals surface area (Å²) in [5.41, 5.74) is 0. The van der Waals surface area contributed by atoms with Crippen LogP contribution in [0.5, 0.6) is 0 Å². The number of carbonyl (C=O) groups excluding carboxylic acids is 2. The van der Waals surface area contributed by atoms with Crippen LogP contribution in [0.25, 0.3) is 0 Å². The first-order chi connectivity index (χ1) is 25.4. The highest BCUT2D eigenvalue weighted by Gasteiger charge is 2.16. The summed E-state index contributed by atoms with van der Waals surface area (Å²) in [5, 5.41) is 29.6. The lowest BCUT2D eigenvalue weighted by atomic mass is 10.0. The second-order valence-electron chi connectivity index (χ2n) is 14.5. The molecule has 0 aromatic carbocycles. The Labute approximate surface area is 319 Å². The zero-order valence-corrected chi connectivity index (χ0v) is 33.5. The van der Waals surface area contributed by atoms with Gasteiger partial charge < -0.3 is 24.8 Å². The molecule has 7 nitrogen and oxygen atoms in total. The molecule has 0 aliphatic heterocycles. The smallest absolute Gasteiger partial charge is 0.306 e. The Balaban J connectivity index is 3.74. The van der Waals surface area contributed by atoms with Crippen LogP contribution in [0.2, 0.25) is 0 Å². The van der Waals surface area contributed by atoms with Crippen LogP contribution in [0, 0.1) is 0 Å². The number of hydrogen-bond donors (Lipinski definition) is 3. The van der Waals surface area contributed by atoms with Gasteiger partial charge in [-0.2, -0.15) is 0 Å². The highest BCUT2D eigenvalue weighted by Crippen LogP contribution is 2.15. The van der Waals surface area contributed by atoms with Gasteiger partial charge in [0, 0.05) is 12.8 Å². The van der Waals surface area contributed by atoms with Crippen molar-refractivity contribution in [3.63, 3.8) is 0 Å². The van der Waals surface area contributed by atoms with E-state index >= 15 is 0 Å². The maximum absolute atomic E-state index is 12.2. The summed E-state index contributed by atoms with van der Waals surface area (Å²) in [6, 6.07) is 0. The Bertz CT molecular complexity index is 909. The van der Waals surface area contributed by atoms with Crippen LogP contribution in [-0.2, 0) is 19.1 Å². The van der Waals surface area contributed by atoms with Gasteiger partial charge in [0.25, 0.3) is 0 Å². The molecule has 0 fully saturated rings. The van der Waals surface area contributed by atoms with E-state index in [1.807, 2.05) is 36.5 Å². The fraction of sp³-hybridized carbons (Fsp3) is 0.778. The lowest BCUT2D eigenvalue weighted by Crippen LogP contribution is -2.28. The average Bonchev–Trinajstić information content (AvgIpc) is 3.13. The van der Waals surface area contributed by atoms with E-state index in [1.54, 1.807) is 12.2 Å². The number of hydrogen-bond acceptors (Lipinski definition) is 7. The van der Waals surface area contributed by atoms with Crippen LogP contribution < -0.4 is 0 Å². The van der Waals surface area contributed by atoms with E-state index in [9.17, 15) is 24.9 Å². The Kier molecular flexibility index (Phi) is 38.3. The molecule has 0 radical (unpaired) electrons. The average molecular weight is 733 g/mol. The number of aliphatic hydroxyl groups is 3. The van der Waals surface area contributed by atoms with Gasteiger partial charge in [-0.15, -0.1) is 0 Å². The summed E-state index contributed by atoms with van der Waals surface area (Å²) in [7, 11) is 0. The summed E-state index contributed by atoms with van der Waals surface area (Å²) in [4.78, 5) is 24.3. The molecule has 3 atom stereocenters. The second kappa shape index (κ2) is 40.0. The molecule has 52 heavy (non-hydrogen) atoms. The first kappa shape index (κ1) is 49.8. The van der Waals surface area contributed by atoms with E-state index in [2.05, 4.69) is 13.8 Å². The molecule has 0 saturated carbocycles. The number of allylic oxidation sites excluding steroid dienone is 6. The van der Waals surface area contributed by atoms with Crippen LogP contribution in [-0.4, -0.2) is 58.8 Å². The van der Waals surface area contributed by atoms with Gasteiger partial charge in [0.1, 0.15) is 6.61 Å². The van der Waals surface area contributed by atoms with Gasteiger partial charge in [0.2, 0.25) is 0 Å². The zero-order chi connectivity index (χ0) is 38.2. The summed E-state index contributed by atoms with van der Waals surface area (Å²) in [5.74, 6) is -0.814. The third-order valence-corrected chi connectivity index (χ3v) is 9.33. The van der Waals surface area contributed by atoms with Crippen LogP contribution >= 0.6 is 0 Å². The van der Waals surface area contributed by atoms with Gasteiger partial charge in [0.05, 0.1) is 18.8 Å². The summed E-state index contributed by atoms with van der Waals surface area (Å²) < 4.78 is 10.5. The molecule has 0 aliphatic rings. The topological polar surface area (TPSA) is 113 Å². The molecule has 0 aromatic heterocycles. The monoisotopic (exact) mass is 733 g/mol. The van der Waals surface area contributed by atoms with E-state index in [0.29, 0.717) is 19.3 Å². The molecule has 0 aliphatic carbocycles. The Morgan fingerprint density at radius 2 is 0.923 bits per heavy atom. The minimum absolute atomic E-state index is 0.107. The molecule has 0 bridgehead atoms. The molecule has 7 heteroatoms. The number of unbranched alkanes of at least 4 members (excludes halogenated alkanes) is 20. The minimum Gasteiger partial charge on any atom is -0.462 e. The van der Waals surface area contributed by atoms with Crippen LogP contribution in [0.4, 0.5) is 0 Å². The first-order valence-electron chi connectivity index (χ1n) is 21.4. The fourth-order valence-electron chi connectivity index (χ4n) is 6.00. The van der Waals surface area contributed by atoms with Crippen molar-refractivity contribution >= 4 is 11.9 Å². The van der Waals surface area contributed by atoms with E-state index < -0.39 is 24.8 Å². The number of esters is 2.